The third-order valence-electron chi connectivity index (χ3n) is 3.88. The Kier molecular flexibility index (Phi) is 4.90. The molecule has 0 spiro atoms. The Morgan fingerprint density at radius 1 is 1.50 bits per heavy atom. The number of aryl methyl sites for hydroxylation is 1. The third-order valence-corrected chi connectivity index (χ3v) is 3.88. The quantitative estimate of drug-likeness (QED) is 0.779. The van der Waals surface area contributed by atoms with E-state index in [2.05, 4.69) is 25.3 Å². The van der Waals surface area contributed by atoms with E-state index in [0.717, 1.165) is 18.7 Å². The molecule has 24 heavy (non-hydrogen) atoms. The van der Waals surface area contributed by atoms with Crippen LogP contribution in [0.3, 0.4) is 0 Å². The summed E-state index contributed by atoms with van der Waals surface area (Å²) in [5, 5.41) is 7.21. The Hall–Kier alpha value is -2.68. The lowest BCUT2D eigenvalue weighted by molar-refractivity contribution is 0.0374. The SMILES string of the molecule is Cn1ncc(N2CCO[C@@H](CCNc3nccc(N)n3)C2)cc1=O. The largest absolute Gasteiger partial charge is 0.384 e. The highest BCUT2D eigenvalue weighted by atomic mass is 16.5. The van der Waals surface area contributed by atoms with Crippen LogP contribution >= 0.6 is 0 Å². The number of rotatable bonds is 5. The van der Waals surface area contributed by atoms with Gasteiger partial charge in [0, 0.05) is 38.9 Å². The molecule has 1 fully saturated rings. The van der Waals surface area contributed by atoms with Gasteiger partial charge in [-0.25, -0.2) is 9.67 Å². The maximum absolute atomic E-state index is 11.7. The smallest absolute Gasteiger partial charge is 0.268 e. The van der Waals surface area contributed by atoms with Crippen LogP contribution in [0.5, 0.6) is 0 Å². The fourth-order valence-electron chi connectivity index (χ4n) is 2.56. The van der Waals surface area contributed by atoms with Gasteiger partial charge in [-0.15, -0.1) is 0 Å². The van der Waals surface area contributed by atoms with Crippen molar-refractivity contribution in [2.75, 3.05) is 42.2 Å². The zero-order valence-corrected chi connectivity index (χ0v) is 13.6. The topological polar surface area (TPSA) is 111 Å². The highest BCUT2D eigenvalue weighted by molar-refractivity contribution is 5.43. The van der Waals surface area contributed by atoms with Crippen molar-refractivity contribution >= 4 is 17.5 Å². The highest BCUT2D eigenvalue weighted by Gasteiger charge is 2.21. The van der Waals surface area contributed by atoms with E-state index in [0.29, 0.717) is 31.5 Å². The minimum absolute atomic E-state index is 0.0661. The Bertz CT molecular complexity index is 749. The molecule has 1 saturated heterocycles. The van der Waals surface area contributed by atoms with Gasteiger partial charge < -0.3 is 20.7 Å². The maximum atomic E-state index is 11.7. The highest BCUT2D eigenvalue weighted by Crippen LogP contribution is 2.16. The molecule has 0 saturated carbocycles. The molecular formula is C15H21N7O2. The summed E-state index contributed by atoms with van der Waals surface area (Å²) in [6, 6.07) is 3.25. The molecule has 2 aromatic heterocycles. The van der Waals surface area contributed by atoms with Crippen molar-refractivity contribution < 1.29 is 4.74 Å². The van der Waals surface area contributed by atoms with Crippen molar-refractivity contribution in [3.05, 3.63) is 34.9 Å². The lowest BCUT2D eigenvalue weighted by Crippen LogP contribution is -2.43. The fourth-order valence-corrected chi connectivity index (χ4v) is 2.56. The van der Waals surface area contributed by atoms with E-state index in [4.69, 9.17) is 10.5 Å². The number of hydrogen-bond donors (Lipinski definition) is 2. The minimum atomic E-state index is -0.115. The van der Waals surface area contributed by atoms with Gasteiger partial charge in [0.05, 0.1) is 24.6 Å². The summed E-state index contributed by atoms with van der Waals surface area (Å²) in [6.07, 6.45) is 4.19. The van der Waals surface area contributed by atoms with Gasteiger partial charge in [-0.3, -0.25) is 4.79 Å². The molecule has 3 rings (SSSR count). The van der Waals surface area contributed by atoms with E-state index in [9.17, 15) is 4.79 Å². The van der Waals surface area contributed by atoms with Crippen molar-refractivity contribution in [1.29, 1.82) is 0 Å². The first-order chi connectivity index (χ1) is 11.6. The van der Waals surface area contributed by atoms with Crippen LogP contribution in [0, 0.1) is 0 Å². The molecule has 128 valence electrons. The average molecular weight is 331 g/mol. The first-order valence-electron chi connectivity index (χ1n) is 7.84. The van der Waals surface area contributed by atoms with Crippen LogP contribution in [0.4, 0.5) is 17.5 Å². The molecule has 0 bridgehead atoms. The molecule has 1 aliphatic rings. The van der Waals surface area contributed by atoms with Gasteiger partial charge in [0.2, 0.25) is 5.95 Å². The van der Waals surface area contributed by atoms with Crippen LogP contribution in [0.15, 0.2) is 29.3 Å². The monoisotopic (exact) mass is 331 g/mol. The first-order valence-corrected chi connectivity index (χ1v) is 7.84. The summed E-state index contributed by atoms with van der Waals surface area (Å²) in [6.45, 7) is 2.76. The van der Waals surface area contributed by atoms with Crippen molar-refractivity contribution in [3.8, 4) is 0 Å². The van der Waals surface area contributed by atoms with Crippen LogP contribution in [-0.4, -0.2) is 52.1 Å². The van der Waals surface area contributed by atoms with Crippen LogP contribution < -0.4 is 21.5 Å². The number of nitrogen functional groups attached to an aromatic ring is 1. The number of nitrogens with one attached hydrogen (secondary N) is 1. The second-order valence-corrected chi connectivity index (χ2v) is 5.63. The van der Waals surface area contributed by atoms with Gasteiger partial charge in [-0.1, -0.05) is 0 Å². The van der Waals surface area contributed by atoms with Crippen LogP contribution in [-0.2, 0) is 11.8 Å². The first kappa shape index (κ1) is 16.2. The van der Waals surface area contributed by atoms with Crippen LogP contribution in [0.2, 0.25) is 0 Å². The molecule has 0 amide bonds. The zero-order chi connectivity index (χ0) is 16.9. The van der Waals surface area contributed by atoms with Gasteiger partial charge in [0.25, 0.3) is 5.56 Å². The van der Waals surface area contributed by atoms with Crippen molar-refractivity contribution in [3.63, 3.8) is 0 Å². The standard InChI is InChI=1S/C15H21N7O2/c1-21-14(23)8-11(9-19-21)22-6-7-24-12(10-22)2-4-17-15-18-5-3-13(16)20-15/h3,5,8-9,12H,2,4,6-7,10H2,1H3,(H3,16,17,18,20)/t12-/m0/s1. The normalized spacial score (nSPS) is 17.7. The van der Waals surface area contributed by atoms with Crippen molar-refractivity contribution in [2.45, 2.75) is 12.5 Å². The number of nitrogens with zero attached hydrogens (tertiary/aromatic N) is 5. The number of nitrogens with two attached hydrogens (primary N) is 1. The summed E-state index contributed by atoms with van der Waals surface area (Å²) in [7, 11) is 1.64. The molecule has 3 heterocycles. The van der Waals surface area contributed by atoms with E-state index in [1.807, 2.05) is 0 Å². The maximum Gasteiger partial charge on any atom is 0.268 e. The summed E-state index contributed by atoms with van der Waals surface area (Å²) >= 11 is 0. The fraction of sp³-hybridized carbons (Fsp3) is 0.467. The average Bonchev–Trinajstić information content (AvgIpc) is 2.58. The summed E-state index contributed by atoms with van der Waals surface area (Å²) in [4.78, 5) is 22.1. The molecule has 9 nitrogen and oxygen atoms in total. The molecular weight excluding hydrogens is 310 g/mol. The number of ether oxygens (including phenoxy) is 1. The zero-order valence-electron chi connectivity index (χ0n) is 13.6. The predicted octanol–water partition coefficient (Wildman–Crippen LogP) is -0.140. The van der Waals surface area contributed by atoms with Gasteiger partial charge >= 0.3 is 0 Å². The van der Waals surface area contributed by atoms with E-state index in [1.54, 1.807) is 31.6 Å². The lowest BCUT2D eigenvalue weighted by Gasteiger charge is -2.34. The van der Waals surface area contributed by atoms with Crippen molar-refractivity contribution in [1.82, 2.24) is 19.7 Å². The summed E-state index contributed by atoms with van der Waals surface area (Å²) in [5.41, 5.74) is 6.34. The van der Waals surface area contributed by atoms with Crippen LogP contribution in [0.25, 0.3) is 0 Å². The molecule has 2 aromatic rings. The molecule has 3 N–H and O–H groups in total. The van der Waals surface area contributed by atoms with Gasteiger partial charge in [0.15, 0.2) is 0 Å². The second-order valence-electron chi connectivity index (χ2n) is 5.63. The Balaban J connectivity index is 1.53. The van der Waals surface area contributed by atoms with Gasteiger partial charge in [-0.2, -0.15) is 10.1 Å². The Morgan fingerprint density at radius 3 is 3.17 bits per heavy atom. The number of anilines is 3. The molecule has 0 radical (unpaired) electrons. The predicted molar refractivity (Wildman–Crippen MR) is 91.0 cm³/mol. The molecule has 1 aliphatic heterocycles. The van der Waals surface area contributed by atoms with E-state index < -0.39 is 0 Å². The molecule has 0 aromatic carbocycles. The van der Waals surface area contributed by atoms with Gasteiger partial charge in [-0.05, 0) is 12.5 Å². The van der Waals surface area contributed by atoms with E-state index in [-0.39, 0.29) is 11.7 Å². The van der Waals surface area contributed by atoms with Gasteiger partial charge in [0.1, 0.15) is 5.82 Å². The Labute approximate surface area is 139 Å². The number of aromatic nitrogens is 4. The summed E-state index contributed by atoms with van der Waals surface area (Å²) in [5.74, 6) is 0.948. The lowest BCUT2D eigenvalue weighted by atomic mass is 10.2. The second kappa shape index (κ2) is 7.26. The molecule has 9 heteroatoms. The van der Waals surface area contributed by atoms with E-state index in [1.165, 1.54) is 4.68 Å². The van der Waals surface area contributed by atoms with E-state index >= 15 is 0 Å². The molecule has 1 atom stereocenters. The molecule has 0 aliphatic carbocycles. The van der Waals surface area contributed by atoms with Crippen molar-refractivity contribution in [2.24, 2.45) is 7.05 Å². The Morgan fingerprint density at radius 2 is 2.38 bits per heavy atom. The summed E-state index contributed by atoms with van der Waals surface area (Å²) < 4.78 is 7.11. The molecule has 0 unspecified atom stereocenters. The number of hydrogen-bond acceptors (Lipinski definition) is 8. The third kappa shape index (κ3) is 3.99. The van der Waals surface area contributed by atoms with Crippen LogP contribution in [0.1, 0.15) is 6.42 Å². The number of morpholine rings is 1. The minimum Gasteiger partial charge on any atom is -0.384 e.